The predicted molar refractivity (Wildman–Crippen MR) is 120 cm³/mol. The normalized spacial score (nSPS) is 29.7. The van der Waals surface area contributed by atoms with Crippen LogP contribution in [-0.2, 0) is 9.53 Å². The number of ether oxygens (including phenoxy) is 1. The Balaban J connectivity index is 1.77. The van der Waals surface area contributed by atoms with Crippen molar-refractivity contribution in [3.63, 3.8) is 0 Å². The topological polar surface area (TPSA) is 36.1 Å². The average molecular weight is 403 g/mol. The summed E-state index contributed by atoms with van der Waals surface area (Å²) in [6.07, 6.45) is 16.1. The van der Waals surface area contributed by atoms with Crippen molar-refractivity contribution in [2.24, 2.45) is 0 Å². The number of amides is 1. The minimum Gasteiger partial charge on any atom is -0.347 e. The number of carbonyl (C=O) groups is 1. The molecule has 0 saturated carbocycles. The molecule has 2 atom stereocenters. The zero-order valence-electron chi connectivity index (χ0n) is 19.3. The van der Waals surface area contributed by atoms with Crippen LogP contribution >= 0.6 is 0 Å². The SMILES string of the molecule is CCCCCC1=CCC2(OC2(CC)C(=O)N2CCN(C)CC2)C(CCCCC)=C1. The van der Waals surface area contributed by atoms with E-state index in [1.807, 2.05) is 0 Å². The molecule has 2 unspecified atom stereocenters. The van der Waals surface area contributed by atoms with E-state index in [4.69, 9.17) is 4.74 Å². The largest absolute Gasteiger partial charge is 0.347 e. The molecular weight excluding hydrogens is 360 g/mol. The number of rotatable bonds is 10. The molecular formula is C25H42N2O2. The van der Waals surface area contributed by atoms with Crippen molar-refractivity contribution in [3.05, 3.63) is 23.3 Å². The quantitative estimate of drug-likeness (QED) is 0.377. The molecule has 164 valence electrons. The molecule has 1 spiro atoms. The highest BCUT2D eigenvalue weighted by molar-refractivity contribution is 5.91. The Morgan fingerprint density at radius 3 is 2.28 bits per heavy atom. The van der Waals surface area contributed by atoms with Crippen molar-refractivity contribution in [1.29, 1.82) is 0 Å². The lowest BCUT2D eigenvalue weighted by atomic mass is 9.75. The van der Waals surface area contributed by atoms with Crippen LogP contribution in [0, 0.1) is 0 Å². The first kappa shape index (κ1) is 22.6. The summed E-state index contributed by atoms with van der Waals surface area (Å²) >= 11 is 0. The Bertz CT molecular complexity index is 633. The van der Waals surface area contributed by atoms with E-state index < -0.39 is 5.60 Å². The molecule has 2 aliphatic heterocycles. The van der Waals surface area contributed by atoms with Crippen molar-refractivity contribution < 1.29 is 9.53 Å². The molecule has 4 heteroatoms. The van der Waals surface area contributed by atoms with Crippen molar-refractivity contribution in [2.45, 2.75) is 96.2 Å². The Morgan fingerprint density at radius 1 is 1.00 bits per heavy atom. The molecule has 3 aliphatic rings. The number of carbonyl (C=O) groups excluding carboxylic acids is 1. The van der Waals surface area contributed by atoms with Gasteiger partial charge in [0.15, 0.2) is 5.60 Å². The highest BCUT2D eigenvalue weighted by Gasteiger charge is 2.75. The fraction of sp³-hybridized carbons (Fsp3) is 0.800. The molecule has 0 aromatic heterocycles. The van der Waals surface area contributed by atoms with Gasteiger partial charge >= 0.3 is 0 Å². The zero-order valence-corrected chi connectivity index (χ0v) is 19.3. The summed E-state index contributed by atoms with van der Waals surface area (Å²) in [6.45, 7) is 10.2. The standard InChI is InChI=1S/C25H42N2O2/c1-5-8-10-12-21-14-15-25(22(20-21)13-11-9-6-2)24(7-3,29-25)23(28)27-18-16-26(4)17-19-27/h14,20H,5-13,15-19H2,1-4H3. The molecule has 29 heavy (non-hydrogen) atoms. The first-order valence-electron chi connectivity index (χ1n) is 12.1. The van der Waals surface area contributed by atoms with Crippen molar-refractivity contribution in [3.8, 4) is 0 Å². The average Bonchev–Trinajstić information content (AvgIpc) is 3.40. The minimum atomic E-state index is -0.633. The maximum atomic E-state index is 13.6. The number of likely N-dealkylation sites (N-methyl/N-ethyl adjacent to an activating group) is 1. The number of hydrogen-bond acceptors (Lipinski definition) is 3. The molecule has 1 amide bonds. The van der Waals surface area contributed by atoms with Crippen LogP contribution in [0.5, 0.6) is 0 Å². The number of unbranched alkanes of at least 4 members (excludes halogenated alkanes) is 4. The summed E-state index contributed by atoms with van der Waals surface area (Å²) < 4.78 is 6.52. The van der Waals surface area contributed by atoms with Gasteiger partial charge in [-0.05, 0) is 44.7 Å². The highest BCUT2D eigenvalue weighted by atomic mass is 16.6. The van der Waals surface area contributed by atoms with Crippen molar-refractivity contribution in [2.75, 3.05) is 33.2 Å². The first-order valence-corrected chi connectivity index (χ1v) is 12.1. The van der Waals surface area contributed by atoms with Gasteiger partial charge in [0.1, 0.15) is 5.60 Å². The maximum Gasteiger partial charge on any atom is 0.258 e. The first-order chi connectivity index (χ1) is 14.0. The summed E-state index contributed by atoms with van der Waals surface area (Å²) in [5.41, 5.74) is 1.85. The Kier molecular flexibility index (Phi) is 7.61. The van der Waals surface area contributed by atoms with Gasteiger partial charge in [-0.3, -0.25) is 4.79 Å². The van der Waals surface area contributed by atoms with Gasteiger partial charge in [-0.2, -0.15) is 0 Å². The van der Waals surface area contributed by atoms with Gasteiger partial charge in [-0.1, -0.05) is 64.2 Å². The molecule has 3 rings (SSSR count). The van der Waals surface area contributed by atoms with Gasteiger partial charge in [0, 0.05) is 32.6 Å². The van der Waals surface area contributed by atoms with Gasteiger partial charge in [0.25, 0.3) is 5.91 Å². The number of epoxide rings is 1. The molecule has 0 aromatic rings. The van der Waals surface area contributed by atoms with E-state index in [0.717, 1.165) is 51.9 Å². The van der Waals surface area contributed by atoms with Crippen LogP contribution in [0.3, 0.4) is 0 Å². The third-order valence-electron chi connectivity index (χ3n) is 7.24. The molecule has 4 nitrogen and oxygen atoms in total. The summed E-state index contributed by atoms with van der Waals surface area (Å²) in [5, 5.41) is 0. The van der Waals surface area contributed by atoms with Crippen LogP contribution < -0.4 is 0 Å². The molecule has 0 bridgehead atoms. The number of nitrogens with zero attached hydrogens (tertiary/aromatic N) is 2. The van der Waals surface area contributed by atoms with E-state index in [-0.39, 0.29) is 11.5 Å². The monoisotopic (exact) mass is 402 g/mol. The highest BCUT2D eigenvalue weighted by Crippen LogP contribution is 2.61. The van der Waals surface area contributed by atoms with Crippen LogP contribution in [-0.4, -0.2) is 60.1 Å². The minimum absolute atomic E-state index is 0.234. The third kappa shape index (κ3) is 4.49. The summed E-state index contributed by atoms with van der Waals surface area (Å²) in [6, 6.07) is 0. The molecule has 2 fully saturated rings. The summed E-state index contributed by atoms with van der Waals surface area (Å²) in [5.74, 6) is 0.234. The van der Waals surface area contributed by atoms with Crippen LogP contribution in [0.15, 0.2) is 23.3 Å². The molecule has 0 radical (unpaired) electrons. The molecule has 0 aromatic carbocycles. The smallest absolute Gasteiger partial charge is 0.258 e. The predicted octanol–water partition coefficient (Wildman–Crippen LogP) is 5.10. The zero-order chi connectivity index (χ0) is 20.9. The van der Waals surface area contributed by atoms with Crippen LogP contribution in [0.4, 0.5) is 0 Å². The van der Waals surface area contributed by atoms with Gasteiger partial charge < -0.3 is 14.5 Å². The van der Waals surface area contributed by atoms with Crippen LogP contribution in [0.25, 0.3) is 0 Å². The summed E-state index contributed by atoms with van der Waals surface area (Å²) in [4.78, 5) is 18.0. The van der Waals surface area contributed by atoms with Gasteiger partial charge in [-0.15, -0.1) is 0 Å². The Labute approximate surface area is 178 Å². The second kappa shape index (κ2) is 9.78. The molecule has 1 aliphatic carbocycles. The third-order valence-corrected chi connectivity index (χ3v) is 7.24. The van der Waals surface area contributed by atoms with Crippen molar-refractivity contribution >= 4 is 5.91 Å². The Morgan fingerprint density at radius 2 is 1.66 bits per heavy atom. The van der Waals surface area contributed by atoms with E-state index in [1.165, 1.54) is 49.7 Å². The fourth-order valence-corrected chi connectivity index (χ4v) is 5.19. The fourth-order valence-electron chi connectivity index (χ4n) is 5.19. The van der Waals surface area contributed by atoms with Gasteiger partial charge in [0.2, 0.25) is 0 Å². The Hall–Kier alpha value is -1.13. The van der Waals surface area contributed by atoms with Crippen LogP contribution in [0.1, 0.15) is 85.0 Å². The number of allylic oxidation sites excluding steroid dienone is 2. The second-order valence-electron chi connectivity index (χ2n) is 9.27. The van der Waals surface area contributed by atoms with E-state index in [1.54, 1.807) is 0 Å². The molecule has 2 saturated heterocycles. The van der Waals surface area contributed by atoms with Crippen molar-refractivity contribution in [1.82, 2.24) is 9.80 Å². The van der Waals surface area contributed by atoms with E-state index in [9.17, 15) is 4.79 Å². The molecule has 0 N–H and O–H groups in total. The van der Waals surface area contributed by atoms with Gasteiger partial charge in [-0.25, -0.2) is 0 Å². The van der Waals surface area contributed by atoms with Gasteiger partial charge in [0.05, 0.1) is 0 Å². The van der Waals surface area contributed by atoms with E-state index in [2.05, 4.69) is 49.8 Å². The van der Waals surface area contributed by atoms with E-state index >= 15 is 0 Å². The van der Waals surface area contributed by atoms with E-state index in [0.29, 0.717) is 0 Å². The summed E-state index contributed by atoms with van der Waals surface area (Å²) in [7, 11) is 2.13. The lowest BCUT2D eigenvalue weighted by molar-refractivity contribution is -0.138. The number of piperazine rings is 1. The maximum absolute atomic E-state index is 13.6. The molecule has 2 heterocycles. The number of hydrogen-bond donors (Lipinski definition) is 0. The lowest BCUT2D eigenvalue weighted by Gasteiger charge is -2.35. The lowest BCUT2D eigenvalue weighted by Crippen LogP contribution is -2.53. The second-order valence-corrected chi connectivity index (χ2v) is 9.27. The van der Waals surface area contributed by atoms with Crippen LogP contribution in [0.2, 0.25) is 0 Å².